The van der Waals surface area contributed by atoms with E-state index < -0.39 is 51.9 Å². The molecule has 2 aliphatic rings. The van der Waals surface area contributed by atoms with E-state index in [1.165, 1.54) is 29.0 Å². The van der Waals surface area contributed by atoms with Gasteiger partial charge in [-0.05, 0) is 43.7 Å². The topological polar surface area (TPSA) is 195 Å². The van der Waals surface area contributed by atoms with Crippen LogP contribution in [0.25, 0.3) is 0 Å². The molecule has 2 aliphatic heterocycles. The second kappa shape index (κ2) is 12.3. The largest absolute Gasteiger partial charge is 0.465 e. The van der Waals surface area contributed by atoms with Crippen molar-refractivity contribution in [3.05, 3.63) is 35.4 Å². The standard InChI is InChI=1S/C23H34N6O7S/c1-36-22(33)16-8-3-2-7-15(16)14-37(34,35)27-18-9-4-5-11-28(20(18)31)13-19(30)26-17-10-6-12-29(21(17)32)23(24)25/h2-3,7-8,17-18,21,27,32H,4-6,9-14H2,1H3,(H3,24,25)(H,26,30)/t17-,18-,21?/m1/s1. The number of rotatable bonds is 8. The molecule has 0 aromatic heterocycles. The highest BCUT2D eigenvalue weighted by atomic mass is 32.2. The number of benzene rings is 1. The van der Waals surface area contributed by atoms with Crippen molar-refractivity contribution in [2.24, 2.45) is 5.73 Å². The molecule has 204 valence electrons. The second-order valence-electron chi connectivity index (χ2n) is 9.14. The van der Waals surface area contributed by atoms with Gasteiger partial charge >= 0.3 is 5.97 Å². The van der Waals surface area contributed by atoms with E-state index in [4.69, 9.17) is 15.9 Å². The average Bonchev–Trinajstić information content (AvgIpc) is 3.00. The van der Waals surface area contributed by atoms with Crippen LogP contribution >= 0.6 is 0 Å². The Morgan fingerprint density at radius 2 is 1.92 bits per heavy atom. The van der Waals surface area contributed by atoms with E-state index in [0.717, 1.165) is 0 Å². The Balaban J connectivity index is 1.64. The molecule has 0 spiro atoms. The molecular formula is C23H34N6O7S. The molecule has 2 amide bonds. The number of piperidine rings is 1. The molecule has 3 atom stereocenters. The molecule has 0 bridgehead atoms. The number of nitrogens with one attached hydrogen (secondary N) is 3. The number of aliphatic hydroxyl groups is 1. The van der Waals surface area contributed by atoms with Crippen molar-refractivity contribution in [2.45, 2.75) is 56.2 Å². The molecule has 1 aromatic carbocycles. The summed E-state index contributed by atoms with van der Waals surface area (Å²) in [6.45, 7) is 0.382. The number of hydrogen-bond donors (Lipinski definition) is 5. The summed E-state index contributed by atoms with van der Waals surface area (Å²) in [5, 5.41) is 20.7. The lowest BCUT2D eigenvalue weighted by Gasteiger charge is -2.38. The van der Waals surface area contributed by atoms with Crippen LogP contribution in [0, 0.1) is 5.41 Å². The van der Waals surface area contributed by atoms with Crippen LogP contribution in [0.3, 0.4) is 0 Å². The van der Waals surface area contributed by atoms with Gasteiger partial charge in [-0.2, -0.15) is 0 Å². The van der Waals surface area contributed by atoms with Crippen molar-refractivity contribution >= 4 is 33.8 Å². The van der Waals surface area contributed by atoms with Crippen LogP contribution in [-0.2, 0) is 30.1 Å². The Morgan fingerprint density at radius 1 is 1.19 bits per heavy atom. The number of likely N-dealkylation sites (tertiary alicyclic amines) is 2. The van der Waals surface area contributed by atoms with Gasteiger partial charge in [0.1, 0.15) is 12.3 Å². The first-order chi connectivity index (χ1) is 17.5. The van der Waals surface area contributed by atoms with E-state index in [9.17, 15) is 27.9 Å². The first-order valence-corrected chi connectivity index (χ1v) is 13.7. The fourth-order valence-corrected chi connectivity index (χ4v) is 6.00. The number of nitrogens with two attached hydrogens (primary N) is 1. The first kappa shape index (κ1) is 28.3. The van der Waals surface area contributed by atoms with Crippen LogP contribution in [0.15, 0.2) is 24.3 Å². The van der Waals surface area contributed by atoms with Crippen LogP contribution in [0.2, 0.25) is 0 Å². The van der Waals surface area contributed by atoms with Crippen molar-refractivity contribution in [1.82, 2.24) is 19.8 Å². The average molecular weight is 539 g/mol. The lowest BCUT2D eigenvalue weighted by atomic mass is 10.0. The van der Waals surface area contributed by atoms with Crippen LogP contribution in [0.5, 0.6) is 0 Å². The molecular weight excluding hydrogens is 504 g/mol. The molecule has 0 saturated carbocycles. The summed E-state index contributed by atoms with van der Waals surface area (Å²) in [5.74, 6) is -2.50. The van der Waals surface area contributed by atoms with Gasteiger partial charge in [-0.1, -0.05) is 18.2 Å². The van der Waals surface area contributed by atoms with Crippen molar-refractivity contribution in [3.8, 4) is 0 Å². The van der Waals surface area contributed by atoms with Crippen molar-refractivity contribution in [2.75, 3.05) is 26.7 Å². The monoisotopic (exact) mass is 538 g/mol. The highest BCUT2D eigenvalue weighted by Gasteiger charge is 2.34. The maximum Gasteiger partial charge on any atom is 0.338 e. The van der Waals surface area contributed by atoms with E-state index in [1.807, 2.05) is 0 Å². The van der Waals surface area contributed by atoms with Crippen LogP contribution in [-0.4, -0.2) is 92.1 Å². The minimum Gasteiger partial charge on any atom is -0.465 e. The van der Waals surface area contributed by atoms with Crippen LogP contribution in [0.4, 0.5) is 0 Å². The number of nitrogens with zero attached hydrogens (tertiary/aromatic N) is 2. The van der Waals surface area contributed by atoms with E-state index in [1.54, 1.807) is 12.1 Å². The van der Waals surface area contributed by atoms with E-state index in [0.29, 0.717) is 32.2 Å². The molecule has 0 radical (unpaired) electrons. The van der Waals surface area contributed by atoms with Crippen molar-refractivity contribution in [1.29, 1.82) is 5.41 Å². The number of sulfonamides is 1. The Bertz CT molecular complexity index is 1130. The summed E-state index contributed by atoms with van der Waals surface area (Å²) in [6.07, 6.45) is 1.39. The SMILES string of the molecule is COC(=O)c1ccccc1CS(=O)(=O)N[C@@H]1CCCCN(CC(=O)N[C@@H]2CCCN(C(=N)N)C2O)C1=O. The summed E-state index contributed by atoms with van der Waals surface area (Å²) in [5.41, 5.74) is 5.84. The zero-order valence-corrected chi connectivity index (χ0v) is 21.5. The fraction of sp³-hybridized carbons (Fsp3) is 0.565. The zero-order chi connectivity index (χ0) is 27.2. The van der Waals surface area contributed by atoms with Gasteiger partial charge < -0.3 is 30.7 Å². The summed E-state index contributed by atoms with van der Waals surface area (Å²) in [7, 11) is -2.82. The second-order valence-corrected chi connectivity index (χ2v) is 10.9. The number of aliphatic hydroxyl groups excluding tert-OH is 1. The fourth-order valence-electron chi connectivity index (χ4n) is 4.61. The lowest BCUT2D eigenvalue weighted by Crippen LogP contribution is -2.59. The van der Waals surface area contributed by atoms with Gasteiger partial charge in [-0.25, -0.2) is 17.9 Å². The van der Waals surface area contributed by atoms with E-state index in [-0.39, 0.29) is 36.6 Å². The predicted molar refractivity (Wildman–Crippen MR) is 134 cm³/mol. The van der Waals surface area contributed by atoms with Gasteiger partial charge in [0.05, 0.1) is 31.0 Å². The number of esters is 1. The van der Waals surface area contributed by atoms with Crippen molar-refractivity contribution < 1.29 is 32.6 Å². The Labute approximate surface area is 215 Å². The summed E-state index contributed by atoms with van der Waals surface area (Å²) < 4.78 is 33.0. The van der Waals surface area contributed by atoms with Gasteiger partial charge in [0.2, 0.25) is 21.8 Å². The zero-order valence-electron chi connectivity index (χ0n) is 20.7. The first-order valence-electron chi connectivity index (χ1n) is 12.1. The maximum atomic E-state index is 13.2. The molecule has 6 N–H and O–H groups in total. The molecule has 3 rings (SSSR count). The number of carbonyl (C=O) groups excluding carboxylic acids is 3. The van der Waals surface area contributed by atoms with Gasteiger partial charge in [0, 0.05) is 13.1 Å². The molecule has 1 aromatic rings. The molecule has 1 unspecified atom stereocenters. The minimum atomic E-state index is -4.02. The number of guanidine groups is 1. The molecule has 2 fully saturated rings. The molecule has 37 heavy (non-hydrogen) atoms. The van der Waals surface area contributed by atoms with Crippen LogP contribution in [0.1, 0.15) is 48.0 Å². The maximum absolute atomic E-state index is 13.2. The lowest BCUT2D eigenvalue weighted by molar-refractivity contribution is -0.137. The summed E-state index contributed by atoms with van der Waals surface area (Å²) >= 11 is 0. The molecule has 2 heterocycles. The third-order valence-electron chi connectivity index (χ3n) is 6.45. The highest BCUT2D eigenvalue weighted by molar-refractivity contribution is 7.88. The van der Waals surface area contributed by atoms with E-state index >= 15 is 0 Å². The number of ether oxygens (including phenoxy) is 1. The highest BCUT2D eigenvalue weighted by Crippen LogP contribution is 2.18. The Morgan fingerprint density at radius 3 is 2.62 bits per heavy atom. The van der Waals surface area contributed by atoms with Crippen molar-refractivity contribution in [3.63, 3.8) is 0 Å². The molecule has 13 nitrogen and oxygen atoms in total. The normalized spacial score (nSPS) is 22.8. The molecule has 0 aliphatic carbocycles. The van der Waals surface area contributed by atoms with Crippen LogP contribution < -0.4 is 15.8 Å². The van der Waals surface area contributed by atoms with Gasteiger partial charge in [-0.15, -0.1) is 0 Å². The quantitative estimate of drug-likeness (QED) is 0.158. The Kier molecular flexibility index (Phi) is 9.45. The third kappa shape index (κ3) is 7.40. The number of methoxy groups -OCH3 is 1. The number of carbonyl (C=O) groups is 3. The Hall–Kier alpha value is -3.23. The third-order valence-corrected chi connectivity index (χ3v) is 7.79. The summed E-state index contributed by atoms with van der Waals surface area (Å²) in [4.78, 5) is 40.5. The summed E-state index contributed by atoms with van der Waals surface area (Å²) in [6, 6.07) is 4.46. The van der Waals surface area contributed by atoms with Gasteiger partial charge in [0.25, 0.3) is 0 Å². The molecule has 2 saturated heterocycles. The molecule has 14 heteroatoms. The van der Waals surface area contributed by atoms with E-state index in [2.05, 4.69) is 10.0 Å². The number of hydrogen-bond acceptors (Lipinski definition) is 8. The van der Waals surface area contributed by atoms with Gasteiger partial charge in [0.15, 0.2) is 5.96 Å². The minimum absolute atomic E-state index is 0.120. The number of amides is 2. The smallest absolute Gasteiger partial charge is 0.338 e. The predicted octanol–water partition coefficient (Wildman–Crippen LogP) is -0.934. The van der Waals surface area contributed by atoms with Gasteiger partial charge in [-0.3, -0.25) is 15.0 Å².